The number of halogens is 6. The molecule has 86 heavy (non-hydrogen) atoms. The summed E-state index contributed by atoms with van der Waals surface area (Å²) in [5.74, 6) is -2.65. The monoisotopic (exact) mass is 1230 g/mol. The minimum atomic E-state index is -2.91. The first-order valence-electron chi connectivity index (χ1n) is 28.8. The Morgan fingerprint density at radius 2 is 1.69 bits per heavy atom. The molecular formula is C62H71Cl2F4N11O7. The number of ether oxygens (including phenoxy) is 3. The summed E-state index contributed by atoms with van der Waals surface area (Å²) in [6.07, 6.45) is 7.27. The van der Waals surface area contributed by atoms with Crippen LogP contribution < -0.4 is 31.3 Å². The van der Waals surface area contributed by atoms with Gasteiger partial charge in [0.2, 0.25) is 11.8 Å². The van der Waals surface area contributed by atoms with Crippen molar-refractivity contribution in [1.29, 1.82) is 5.26 Å². The molecule has 3 fully saturated rings. The van der Waals surface area contributed by atoms with Gasteiger partial charge >= 0.3 is 0 Å². The van der Waals surface area contributed by atoms with Crippen LogP contribution in [0.1, 0.15) is 122 Å². The number of oxazole rings is 1. The molecule has 1 aliphatic heterocycles. The minimum absolute atomic E-state index is 0.0532. The van der Waals surface area contributed by atoms with Crippen molar-refractivity contribution in [2.24, 2.45) is 17.3 Å². The maximum absolute atomic E-state index is 16.2. The second kappa shape index (κ2) is 28.1. The fraction of sp³-hybridized carbons (Fsp3) is 0.468. The predicted octanol–water partition coefficient (Wildman–Crippen LogP) is 11.6. The Bertz CT molecular complexity index is 3400. The van der Waals surface area contributed by atoms with Gasteiger partial charge in [0.25, 0.3) is 18.2 Å². The number of nitriles is 1. The van der Waals surface area contributed by atoms with E-state index < -0.39 is 70.3 Å². The third-order valence-corrected chi connectivity index (χ3v) is 16.5. The van der Waals surface area contributed by atoms with E-state index >= 15 is 8.78 Å². The van der Waals surface area contributed by atoms with Crippen LogP contribution in [0, 0.1) is 40.2 Å². The second-order valence-electron chi connectivity index (χ2n) is 23.5. The Morgan fingerprint density at radius 1 is 0.930 bits per heavy atom. The quantitative estimate of drug-likeness (QED) is 0.0252. The lowest BCUT2D eigenvalue weighted by molar-refractivity contribution is -0.118. The van der Waals surface area contributed by atoms with Crippen LogP contribution in [0.2, 0.25) is 10.0 Å². The fourth-order valence-electron chi connectivity index (χ4n) is 11.5. The Kier molecular flexibility index (Phi) is 20.7. The molecular weight excluding hydrogens is 1160 g/mol. The van der Waals surface area contributed by atoms with Crippen molar-refractivity contribution in [3.8, 4) is 23.3 Å². The molecule has 4 atom stereocenters. The molecule has 0 spiro atoms. The molecule has 9 rings (SSSR count). The van der Waals surface area contributed by atoms with E-state index in [0.29, 0.717) is 49.6 Å². The lowest BCUT2D eigenvalue weighted by atomic mass is 9.62. The number of methoxy groups -OCH3 is 1. The molecule has 0 unspecified atom stereocenters. The summed E-state index contributed by atoms with van der Waals surface area (Å²) in [4.78, 5) is 51.9. The van der Waals surface area contributed by atoms with E-state index in [0.717, 1.165) is 44.8 Å². The number of alkyl halides is 2. The molecule has 458 valence electrons. The number of hydrogen-bond acceptors (Lipinski definition) is 14. The molecule has 2 aliphatic carbocycles. The van der Waals surface area contributed by atoms with Gasteiger partial charge < -0.3 is 50.1 Å². The maximum atomic E-state index is 16.2. The van der Waals surface area contributed by atoms with Crippen LogP contribution in [0.25, 0.3) is 11.5 Å². The number of carbonyl (C=O) groups is 3. The van der Waals surface area contributed by atoms with Crippen molar-refractivity contribution in [2.75, 3.05) is 82.7 Å². The highest BCUT2D eigenvalue weighted by Gasteiger charge is 2.61. The number of benzene rings is 3. The molecule has 3 aromatic carbocycles. The van der Waals surface area contributed by atoms with E-state index in [1.54, 1.807) is 23.0 Å². The Hall–Kier alpha value is -7.13. The molecule has 0 bridgehead atoms. The molecule has 4 heterocycles. The van der Waals surface area contributed by atoms with Crippen molar-refractivity contribution >= 4 is 58.1 Å². The van der Waals surface area contributed by atoms with E-state index in [9.17, 15) is 28.4 Å². The number of pyridine rings is 1. The van der Waals surface area contributed by atoms with Gasteiger partial charge in [-0.15, -0.1) is 0 Å². The molecule has 1 saturated heterocycles. The zero-order valence-electron chi connectivity index (χ0n) is 48.5. The van der Waals surface area contributed by atoms with E-state index in [2.05, 4.69) is 52.6 Å². The molecule has 5 N–H and O–H groups in total. The van der Waals surface area contributed by atoms with E-state index in [1.165, 1.54) is 80.9 Å². The third-order valence-electron chi connectivity index (χ3n) is 16.0. The Balaban J connectivity index is 0.690. The van der Waals surface area contributed by atoms with Crippen LogP contribution in [0.15, 0.2) is 89.8 Å². The molecule has 3 amide bonds. The van der Waals surface area contributed by atoms with Gasteiger partial charge in [-0.2, -0.15) is 10.4 Å². The van der Waals surface area contributed by atoms with Crippen LogP contribution in [0.5, 0.6) is 5.75 Å². The number of hydrogen-bond donors (Lipinski definition) is 5. The topological polar surface area (TPSA) is 223 Å². The molecule has 2 saturated carbocycles. The molecule has 3 aliphatic rings. The Morgan fingerprint density at radius 3 is 2.40 bits per heavy atom. The zero-order valence-corrected chi connectivity index (χ0v) is 50.1. The van der Waals surface area contributed by atoms with Gasteiger partial charge in [0.15, 0.2) is 11.4 Å². The normalized spacial score (nSPS) is 20.4. The van der Waals surface area contributed by atoms with Gasteiger partial charge in [0, 0.05) is 72.2 Å². The van der Waals surface area contributed by atoms with Crippen LogP contribution >= 0.6 is 23.2 Å². The summed E-state index contributed by atoms with van der Waals surface area (Å²) in [6, 6.07) is 16.3. The average molecular weight is 1230 g/mol. The standard InChI is InChI=1S/C62H71Cl2F4N11O7/c1-61(2,3)30-50-62(35-69,43-17-14-40(63)29-45(43)65)52(42-7-6-8-44(64)53(42)66)55(76-50)59(82)73-46-18-13-38(27-49(46)83-5)57(80)71-21-23-84-25-26-85-24-22-78(4)32-37-11-15-41(16-12-37)79-33-47(54(77-79)56(67)68)74-58(81)48-34-86-60(75-48)39-19-20-70-51(28-39)72-31-36-9-10-36/h6-8,13-14,17-20,27-29,33-34,36-37,41,50,52,55-56,76H,9-12,15-16,21-26,30-32H2,1-5H3,(H,70,72)(H,71,80)(H,73,82)(H,74,81)/t37?,41?,50-,52-,55+,62-/m0/s1. The minimum Gasteiger partial charge on any atom is -0.495 e. The highest BCUT2D eigenvalue weighted by molar-refractivity contribution is 6.31. The second-order valence-corrected chi connectivity index (χ2v) is 24.3. The van der Waals surface area contributed by atoms with Crippen LogP contribution in [0.4, 0.5) is 34.8 Å². The van der Waals surface area contributed by atoms with Crippen LogP contribution in [-0.2, 0) is 19.7 Å². The van der Waals surface area contributed by atoms with Crippen LogP contribution in [-0.4, -0.2) is 121 Å². The van der Waals surface area contributed by atoms with Crippen molar-refractivity contribution in [3.63, 3.8) is 0 Å². The molecule has 0 radical (unpaired) electrons. The lowest BCUT2D eigenvalue weighted by Crippen LogP contribution is -2.45. The van der Waals surface area contributed by atoms with Crippen molar-refractivity contribution in [3.05, 3.63) is 135 Å². The van der Waals surface area contributed by atoms with Gasteiger partial charge in [0.1, 0.15) is 34.9 Å². The summed E-state index contributed by atoms with van der Waals surface area (Å²) in [7, 11) is 3.40. The first-order valence-corrected chi connectivity index (χ1v) is 29.5. The van der Waals surface area contributed by atoms with Crippen molar-refractivity contribution in [1.82, 2.24) is 35.3 Å². The molecule has 6 aromatic rings. The summed E-state index contributed by atoms with van der Waals surface area (Å²) < 4.78 is 85.0. The molecule has 3 aromatic heterocycles. The summed E-state index contributed by atoms with van der Waals surface area (Å²) in [5.41, 5.74) is -1.97. The van der Waals surface area contributed by atoms with Crippen molar-refractivity contribution in [2.45, 2.75) is 102 Å². The summed E-state index contributed by atoms with van der Waals surface area (Å²) >= 11 is 12.5. The van der Waals surface area contributed by atoms with Gasteiger partial charge in [-0.3, -0.25) is 19.1 Å². The van der Waals surface area contributed by atoms with Gasteiger partial charge in [0.05, 0.1) is 68.1 Å². The number of anilines is 3. The van der Waals surface area contributed by atoms with Crippen molar-refractivity contribution < 1.29 is 50.6 Å². The smallest absolute Gasteiger partial charge is 0.284 e. The van der Waals surface area contributed by atoms with Gasteiger partial charge in [-0.25, -0.2) is 27.5 Å². The number of aromatic nitrogens is 4. The van der Waals surface area contributed by atoms with E-state index in [1.807, 2.05) is 27.8 Å². The van der Waals surface area contributed by atoms with E-state index in [4.69, 9.17) is 41.8 Å². The predicted molar refractivity (Wildman–Crippen MR) is 318 cm³/mol. The van der Waals surface area contributed by atoms with E-state index in [-0.39, 0.29) is 81.1 Å². The largest absolute Gasteiger partial charge is 0.495 e. The maximum Gasteiger partial charge on any atom is 0.284 e. The molecule has 18 nitrogen and oxygen atoms in total. The van der Waals surface area contributed by atoms with Gasteiger partial charge in [-0.05, 0) is 123 Å². The van der Waals surface area contributed by atoms with Crippen LogP contribution in [0.3, 0.4) is 0 Å². The third kappa shape index (κ3) is 15.3. The number of carbonyl (C=O) groups excluding carboxylic acids is 3. The summed E-state index contributed by atoms with van der Waals surface area (Å²) in [5, 5.41) is 30.1. The zero-order chi connectivity index (χ0) is 61.3. The summed E-state index contributed by atoms with van der Waals surface area (Å²) in [6.45, 7) is 9.68. The highest BCUT2D eigenvalue weighted by Crippen LogP contribution is 2.53. The fourth-order valence-corrected chi connectivity index (χ4v) is 11.8. The highest BCUT2D eigenvalue weighted by atomic mass is 35.5. The Labute approximate surface area is 507 Å². The number of nitrogens with one attached hydrogen (secondary N) is 5. The number of rotatable bonds is 26. The number of likely N-dealkylation sites (N-methyl/N-ethyl adjacent to an activating group) is 1. The number of amides is 3. The first-order chi connectivity index (χ1) is 41.2. The van der Waals surface area contributed by atoms with Gasteiger partial charge in [-0.1, -0.05) is 62.2 Å². The lowest BCUT2D eigenvalue weighted by Gasteiger charge is -2.37. The average Bonchev–Trinajstić information content (AvgIpc) is 1.53. The molecule has 24 heteroatoms. The SMILES string of the molecule is COc1cc(C(=O)NCCOCCOCCN(C)CC2CCC(n3cc(NC(=O)c4coc(-c5ccnc(NCC6CC6)c5)n4)c(C(F)F)n3)CC2)ccc1NC(=O)[C@@H]1N[C@@H](CC(C)(C)C)[C@](C#N)(c2ccc(Cl)cc2F)[C@H]1c1cccc(Cl)c1F. The number of nitrogens with zero attached hydrogens (tertiary/aromatic N) is 6. The first kappa shape index (κ1) is 63.4.